The third-order valence-corrected chi connectivity index (χ3v) is 10.0. The first-order valence-corrected chi connectivity index (χ1v) is 12.3. The van der Waals surface area contributed by atoms with E-state index in [0.717, 1.165) is 21.1 Å². The van der Waals surface area contributed by atoms with Gasteiger partial charge in [0, 0.05) is 33.0 Å². The van der Waals surface area contributed by atoms with Gasteiger partial charge in [-0.05, 0) is 27.7 Å². The Bertz CT molecular complexity index is 1540. The van der Waals surface area contributed by atoms with Gasteiger partial charge in [-0.25, -0.2) is 10.5 Å². The highest BCUT2D eigenvalue weighted by molar-refractivity contribution is 7.39. The van der Waals surface area contributed by atoms with Crippen LogP contribution < -0.4 is 0 Å². The van der Waals surface area contributed by atoms with Gasteiger partial charge in [-0.15, -0.1) is 44.0 Å². The molecule has 2 aliphatic carbocycles. The highest BCUT2D eigenvalue weighted by atomic mass is 32.1. The summed E-state index contributed by atoms with van der Waals surface area (Å²) in [5.74, 6) is -0.300. The Hall–Kier alpha value is -3.60. The quantitative estimate of drug-likeness (QED) is 0.221. The zero-order chi connectivity index (χ0) is 23.7. The molecule has 0 saturated carbocycles. The summed E-state index contributed by atoms with van der Waals surface area (Å²) in [4.78, 5) is 17.4. The Morgan fingerprint density at radius 2 is 1.15 bits per heavy atom. The summed E-state index contributed by atoms with van der Waals surface area (Å²) >= 11 is 5.22. The maximum absolute atomic E-state index is 9.15. The van der Waals surface area contributed by atoms with E-state index in [0.29, 0.717) is 0 Å². The molecular formula is C24H14N6S3. The average Bonchev–Trinajstić information content (AvgIpc) is 3.50. The second-order valence-electron chi connectivity index (χ2n) is 8.73. The molecule has 9 heteroatoms. The number of nitrogens with zero attached hydrogens (tertiary/aromatic N) is 6. The summed E-state index contributed by atoms with van der Waals surface area (Å²) in [5, 5.41) is 18.3. The molecule has 0 saturated heterocycles. The molecule has 0 aromatic carbocycles. The molecule has 0 atom stereocenters. The van der Waals surface area contributed by atoms with Crippen LogP contribution >= 0.6 is 34.0 Å². The predicted molar refractivity (Wildman–Crippen MR) is 136 cm³/mol. The van der Waals surface area contributed by atoms with E-state index in [1.807, 2.05) is 24.3 Å². The maximum Gasteiger partial charge on any atom is 0.349 e. The molecule has 0 bridgehead atoms. The van der Waals surface area contributed by atoms with Gasteiger partial charge >= 0.3 is 11.7 Å². The van der Waals surface area contributed by atoms with E-state index < -0.39 is 10.8 Å². The van der Waals surface area contributed by atoms with Gasteiger partial charge in [0.05, 0.1) is 29.6 Å². The third kappa shape index (κ3) is 2.78. The van der Waals surface area contributed by atoms with E-state index in [9.17, 15) is 0 Å². The average molecular weight is 483 g/mol. The van der Waals surface area contributed by atoms with Crippen molar-refractivity contribution in [2.75, 3.05) is 0 Å². The SMILES string of the molecule is [C-]#[N+]C(C#N)=NC1=Cc2sc3c(sc4c5c(sc43)C=C(N=C(C#N)[N+]#[C-])C5(C)C)c2C1(C)C. The summed E-state index contributed by atoms with van der Waals surface area (Å²) < 4.78 is 4.95. The number of fused-ring (bicyclic) bond motifs is 7. The number of nitriles is 2. The van der Waals surface area contributed by atoms with Crippen molar-refractivity contribution in [3.63, 3.8) is 0 Å². The van der Waals surface area contributed by atoms with E-state index in [1.54, 1.807) is 34.0 Å². The number of amidine groups is 2. The minimum absolute atomic E-state index is 0.150. The number of allylic oxidation sites excluding steroid dienone is 2. The van der Waals surface area contributed by atoms with Gasteiger partial charge in [0.2, 0.25) is 0 Å². The van der Waals surface area contributed by atoms with Crippen LogP contribution in [-0.2, 0) is 10.8 Å². The van der Waals surface area contributed by atoms with Gasteiger partial charge in [-0.3, -0.25) is 0 Å². The van der Waals surface area contributed by atoms with Gasteiger partial charge in [0.25, 0.3) is 0 Å². The minimum Gasteiger partial charge on any atom is -0.351 e. The first-order chi connectivity index (χ1) is 15.7. The number of rotatable bonds is 2. The number of thiophene rings is 3. The standard InChI is InChI=1S/C24H14N6S3/c1-23(2)13(29-15(9-25)27-5)7-11-17(23)19-21(31-11)22-20(33-19)18-12(32-22)8-14(24(18,3)4)30-16(10-26)28-6/h7-8H,1-4H3. The molecular weight excluding hydrogens is 469 g/mol. The molecule has 6 nitrogen and oxygen atoms in total. The van der Waals surface area contributed by atoms with Gasteiger partial charge in [-0.1, -0.05) is 13.1 Å². The van der Waals surface area contributed by atoms with Crippen LogP contribution in [0, 0.1) is 35.8 Å². The van der Waals surface area contributed by atoms with E-state index in [4.69, 9.17) is 23.7 Å². The van der Waals surface area contributed by atoms with Crippen molar-refractivity contribution in [3.8, 4) is 12.1 Å². The molecule has 0 spiro atoms. The lowest BCUT2D eigenvalue weighted by Gasteiger charge is -2.18. The summed E-state index contributed by atoms with van der Waals surface area (Å²) in [6.45, 7) is 22.7. The molecule has 158 valence electrons. The van der Waals surface area contributed by atoms with Crippen molar-refractivity contribution in [2.24, 2.45) is 9.98 Å². The van der Waals surface area contributed by atoms with Crippen molar-refractivity contribution in [1.82, 2.24) is 0 Å². The third-order valence-electron chi connectivity index (χ3n) is 6.12. The van der Waals surface area contributed by atoms with Crippen molar-refractivity contribution in [1.29, 1.82) is 10.5 Å². The van der Waals surface area contributed by atoms with Gasteiger partial charge < -0.3 is 9.69 Å². The van der Waals surface area contributed by atoms with Crippen LogP contribution in [-0.4, -0.2) is 11.7 Å². The number of hydrogen-bond acceptors (Lipinski definition) is 7. The second kappa shape index (κ2) is 6.95. The topological polar surface area (TPSA) is 81.0 Å². The van der Waals surface area contributed by atoms with E-state index in [2.05, 4.69) is 47.4 Å². The molecule has 0 N–H and O–H groups in total. The lowest BCUT2D eigenvalue weighted by atomic mass is 9.86. The molecule has 2 aliphatic rings. The Balaban J connectivity index is 1.69. The van der Waals surface area contributed by atoms with Crippen LogP contribution in [0.15, 0.2) is 21.4 Å². The molecule has 0 amide bonds. The lowest BCUT2D eigenvalue weighted by molar-refractivity contribution is 0.640. The molecule has 5 rings (SSSR count). The Kier molecular flexibility index (Phi) is 4.47. The number of hydrogen-bond donors (Lipinski definition) is 0. The monoisotopic (exact) mass is 482 g/mol. The van der Waals surface area contributed by atoms with Crippen molar-refractivity contribution in [2.45, 2.75) is 38.5 Å². The normalized spacial score (nSPS) is 18.2. The van der Waals surface area contributed by atoms with Crippen LogP contribution in [0.1, 0.15) is 48.6 Å². The Labute approximate surface area is 202 Å². The van der Waals surface area contributed by atoms with Crippen LogP contribution in [0.5, 0.6) is 0 Å². The Morgan fingerprint density at radius 1 is 0.758 bits per heavy atom. The van der Waals surface area contributed by atoms with Crippen LogP contribution in [0.3, 0.4) is 0 Å². The first-order valence-electron chi connectivity index (χ1n) is 9.87. The lowest BCUT2D eigenvalue weighted by Crippen LogP contribution is -2.16. The summed E-state index contributed by atoms with van der Waals surface area (Å²) in [6, 6.07) is 3.72. The zero-order valence-electron chi connectivity index (χ0n) is 18.1. The molecule has 0 aliphatic heterocycles. The van der Waals surface area contributed by atoms with Gasteiger partial charge in [0.15, 0.2) is 0 Å². The predicted octanol–water partition coefficient (Wildman–Crippen LogP) is 7.12. The van der Waals surface area contributed by atoms with Gasteiger partial charge in [0.1, 0.15) is 23.5 Å². The molecule has 33 heavy (non-hydrogen) atoms. The molecule has 3 heterocycles. The van der Waals surface area contributed by atoms with Crippen molar-refractivity contribution in [3.05, 3.63) is 55.1 Å². The van der Waals surface area contributed by atoms with Crippen LogP contribution in [0.25, 0.3) is 40.6 Å². The fourth-order valence-electron chi connectivity index (χ4n) is 4.44. The van der Waals surface area contributed by atoms with E-state index in [1.165, 1.54) is 29.9 Å². The van der Waals surface area contributed by atoms with E-state index in [-0.39, 0.29) is 11.7 Å². The fraction of sp³-hybridized carbons (Fsp3) is 0.250. The fourth-order valence-corrected chi connectivity index (χ4v) is 9.45. The molecule has 3 aromatic rings. The summed E-state index contributed by atoms with van der Waals surface area (Å²) in [6.07, 6.45) is 4.01. The molecule has 0 radical (unpaired) electrons. The second-order valence-corrected chi connectivity index (χ2v) is 11.9. The molecule has 0 fully saturated rings. The maximum atomic E-state index is 9.15. The highest BCUT2D eigenvalue weighted by Gasteiger charge is 2.43. The zero-order valence-corrected chi connectivity index (χ0v) is 20.5. The van der Waals surface area contributed by atoms with Gasteiger partial charge in [-0.2, -0.15) is 0 Å². The van der Waals surface area contributed by atoms with Crippen molar-refractivity contribution >= 4 is 76.6 Å². The number of aliphatic imine (C=N–C) groups is 2. The van der Waals surface area contributed by atoms with Crippen LogP contribution in [0.4, 0.5) is 0 Å². The first kappa shape index (κ1) is 21.3. The smallest absolute Gasteiger partial charge is 0.349 e. The van der Waals surface area contributed by atoms with E-state index >= 15 is 0 Å². The molecule has 0 unspecified atom stereocenters. The molecule has 3 aromatic heterocycles. The highest BCUT2D eigenvalue weighted by Crippen LogP contribution is 2.59. The Morgan fingerprint density at radius 3 is 1.48 bits per heavy atom. The summed E-state index contributed by atoms with van der Waals surface area (Å²) in [5.41, 5.74) is 3.07. The van der Waals surface area contributed by atoms with Crippen LogP contribution in [0.2, 0.25) is 0 Å². The summed E-state index contributed by atoms with van der Waals surface area (Å²) in [7, 11) is 0. The minimum atomic E-state index is -0.406. The largest absolute Gasteiger partial charge is 0.351 e. The van der Waals surface area contributed by atoms with Crippen molar-refractivity contribution < 1.29 is 0 Å².